The van der Waals surface area contributed by atoms with E-state index in [2.05, 4.69) is 5.32 Å². The summed E-state index contributed by atoms with van der Waals surface area (Å²) in [6, 6.07) is 7.29. The van der Waals surface area contributed by atoms with Crippen LogP contribution in [0.2, 0.25) is 0 Å². The molecule has 1 aromatic rings. The number of hydrogen-bond acceptors (Lipinski definition) is 4. The van der Waals surface area contributed by atoms with Gasteiger partial charge in [0.15, 0.2) is 0 Å². The van der Waals surface area contributed by atoms with Crippen molar-refractivity contribution in [2.75, 3.05) is 24.7 Å². The van der Waals surface area contributed by atoms with Crippen LogP contribution >= 0.6 is 0 Å². The molecule has 0 bridgehead atoms. The summed E-state index contributed by atoms with van der Waals surface area (Å²) in [6.45, 7) is 7.51. The summed E-state index contributed by atoms with van der Waals surface area (Å²) in [4.78, 5) is 37.7. The Bertz CT molecular complexity index is 640. The molecule has 1 fully saturated rings. The molecule has 1 N–H and O–H groups in total. The van der Waals surface area contributed by atoms with Crippen molar-refractivity contribution in [3.05, 3.63) is 29.8 Å². The van der Waals surface area contributed by atoms with Crippen LogP contribution < -0.4 is 10.2 Å². The largest absolute Gasteiger partial charge is 0.380 e. The molecule has 1 saturated heterocycles. The predicted octanol–water partition coefficient (Wildman–Crippen LogP) is 2.31. The topological polar surface area (TPSA) is 75.7 Å². The second-order valence-corrected chi connectivity index (χ2v) is 6.84. The minimum Gasteiger partial charge on any atom is -0.380 e. The summed E-state index contributed by atoms with van der Waals surface area (Å²) in [6.07, 6.45) is 1.28. The first-order chi connectivity index (χ1) is 12.4. The number of nitrogens with zero attached hydrogens (tertiary/aromatic N) is 1. The molecule has 1 unspecified atom stereocenters. The maximum absolute atomic E-state index is 12.4. The zero-order chi connectivity index (χ0) is 19.1. The van der Waals surface area contributed by atoms with Crippen molar-refractivity contribution in [1.29, 1.82) is 0 Å². The summed E-state index contributed by atoms with van der Waals surface area (Å²) in [5.41, 5.74) is 1.60. The molecule has 1 aliphatic rings. The maximum Gasteiger partial charge on any atom is 0.237 e. The van der Waals surface area contributed by atoms with Crippen LogP contribution in [0.4, 0.5) is 5.69 Å². The van der Waals surface area contributed by atoms with Gasteiger partial charge in [0.2, 0.25) is 17.7 Å². The van der Waals surface area contributed by atoms with Gasteiger partial charge >= 0.3 is 0 Å². The summed E-state index contributed by atoms with van der Waals surface area (Å²) in [5, 5.41) is 2.81. The van der Waals surface area contributed by atoms with Crippen LogP contribution in [0, 0.1) is 11.8 Å². The highest BCUT2D eigenvalue weighted by atomic mass is 16.5. The van der Waals surface area contributed by atoms with E-state index >= 15 is 0 Å². The molecule has 6 nitrogen and oxygen atoms in total. The lowest BCUT2D eigenvalue weighted by Gasteiger charge is -2.16. The number of aryl methyl sites for hydroxylation is 1. The van der Waals surface area contributed by atoms with Crippen molar-refractivity contribution < 1.29 is 19.1 Å². The van der Waals surface area contributed by atoms with Crippen LogP contribution in [0.5, 0.6) is 0 Å². The minimum atomic E-state index is -0.234. The molecule has 0 aromatic heterocycles. The van der Waals surface area contributed by atoms with Crippen molar-refractivity contribution in [2.45, 2.75) is 40.0 Å². The number of nitrogens with one attached hydrogen (secondary N) is 1. The summed E-state index contributed by atoms with van der Waals surface area (Å²) in [5.74, 6) is -0.362. The highest BCUT2D eigenvalue weighted by Gasteiger charge is 2.40. The molecule has 1 heterocycles. The van der Waals surface area contributed by atoms with Gasteiger partial charge in [-0.05, 0) is 37.0 Å². The van der Waals surface area contributed by atoms with Crippen LogP contribution in [0.3, 0.4) is 0 Å². The number of rotatable bonds is 9. The van der Waals surface area contributed by atoms with Crippen molar-refractivity contribution >= 4 is 23.4 Å². The van der Waals surface area contributed by atoms with E-state index in [-0.39, 0.29) is 36.0 Å². The molecule has 26 heavy (non-hydrogen) atoms. The van der Waals surface area contributed by atoms with E-state index in [4.69, 9.17) is 4.74 Å². The highest BCUT2D eigenvalue weighted by Crippen LogP contribution is 2.30. The van der Waals surface area contributed by atoms with Crippen molar-refractivity contribution in [3.8, 4) is 0 Å². The van der Waals surface area contributed by atoms with Gasteiger partial charge in [0, 0.05) is 26.0 Å². The number of amides is 3. The fraction of sp³-hybridized carbons (Fsp3) is 0.550. The second kappa shape index (κ2) is 9.48. The van der Waals surface area contributed by atoms with E-state index in [9.17, 15) is 14.4 Å². The van der Waals surface area contributed by atoms with Crippen LogP contribution in [-0.2, 0) is 25.5 Å². The maximum atomic E-state index is 12.4. The average molecular weight is 360 g/mol. The third-order valence-electron chi connectivity index (χ3n) is 4.59. The molecule has 1 atom stereocenters. The Morgan fingerprint density at radius 3 is 2.54 bits per heavy atom. The van der Waals surface area contributed by atoms with E-state index < -0.39 is 0 Å². The van der Waals surface area contributed by atoms with Gasteiger partial charge in [0.05, 0.1) is 18.2 Å². The Morgan fingerprint density at radius 2 is 1.96 bits per heavy atom. The number of ether oxygens (including phenoxy) is 1. The predicted molar refractivity (Wildman–Crippen MR) is 99.7 cm³/mol. The summed E-state index contributed by atoms with van der Waals surface area (Å²) in [7, 11) is 0. The SMILES string of the molecule is CCOCCNC(=O)CCc1ccc(N2C(=O)CC(C(C)C)C2=O)cc1. The van der Waals surface area contributed by atoms with Gasteiger partial charge in [0.1, 0.15) is 0 Å². The zero-order valence-electron chi connectivity index (χ0n) is 15.8. The van der Waals surface area contributed by atoms with E-state index in [1.54, 1.807) is 12.1 Å². The molecule has 2 rings (SSSR count). The second-order valence-electron chi connectivity index (χ2n) is 6.84. The quantitative estimate of drug-likeness (QED) is 0.542. The summed E-state index contributed by atoms with van der Waals surface area (Å²) >= 11 is 0. The Hall–Kier alpha value is -2.21. The van der Waals surface area contributed by atoms with Gasteiger partial charge in [-0.3, -0.25) is 19.3 Å². The molecule has 1 aromatic carbocycles. The highest BCUT2D eigenvalue weighted by molar-refractivity contribution is 6.21. The van der Waals surface area contributed by atoms with Gasteiger partial charge in [0.25, 0.3) is 0 Å². The fourth-order valence-corrected chi connectivity index (χ4v) is 3.01. The van der Waals surface area contributed by atoms with E-state index in [0.717, 1.165) is 5.56 Å². The van der Waals surface area contributed by atoms with Crippen molar-refractivity contribution in [2.24, 2.45) is 11.8 Å². The number of carbonyl (C=O) groups excluding carboxylic acids is 3. The Labute approximate surface area is 154 Å². The molecular weight excluding hydrogens is 332 g/mol. The monoisotopic (exact) mass is 360 g/mol. The van der Waals surface area contributed by atoms with Gasteiger partial charge in [-0.1, -0.05) is 26.0 Å². The lowest BCUT2D eigenvalue weighted by atomic mass is 9.94. The van der Waals surface area contributed by atoms with Gasteiger partial charge in [-0.25, -0.2) is 0 Å². The average Bonchev–Trinajstić information content (AvgIpc) is 2.92. The molecule has 6 heteroatoms. The first-order valence-corrected chi connectivity index (χ1v) is 9.24. The van der Waals surface area contributed by atoms with Crippen LogP contribution in [0.15, 0.2) is 24.3 Å². The van der Waals surface area contributed by atoms with E-state index in [1.165, 1.54) is 4.90 Å². The van der Waals surface area contributed by atoms with Gasteiger partial charge in [-0.2, -0.15) is 0 Å². The Kier molecular flexibility index (Phi) is 7.33. The minimum absolute atomic E-state index is 0.0153. The van der Waals surface area contributed by atoms with Crippen molar-refractivity contribution in [1.82, 2.24) is 5.32 Å². The van der Waals surface area contributed by atoms with Gasteiger partial charge < -0.3 is 10.1 Å². The number of anilines is 1. The number of hydrogen-bond donors (Lipinski definition) is 1. The first-order valence-electron chi connectivity index (χ1n) is 9.24. The number of carbonyl (C=O) groups is 3. The standard InChI is InChI=1S/C20H28N2O4/c1-4-26-12-11-21-18(23)10-7-15-5-8-16(9-6-15)22-19(24)13-17(14(2)3)20(22)25/h5-6,8-9,14,17H,4,7,10-13H2,1-3H3,(H,21,23). The van der Waals surface area contributed by atoms with Crippen LogP contribution in [-0.4, -0.2) is 37.5 Å². The molecule has 0 spiro atoms. The lowest BCUT2D eigenvalue weighted by molar-refractivity contribution is -0.123. The van der Waals surface area contributed by atoms with Crippen molar-refractivity contribution in [3.63, 3.8) is 0 Å². The Morgan fingerprint density at radius 1 is 1.27 bits per heavy atom. The van der Waals surface area contributed by atoms with Crippen LogP contribution in [0.1, 0.15) is 39.2 Å². The molecule has 0 radical (unpaired) electrons. The van der Waals surface area contributed by atoms with E-state index in [1.807, 2.05) is 32.9 Å². The smallest absolute Gasteiger partial charge is 0.237 e. The Balaban J connectivity index is 1.87. The molecule has 0 aliphatic carbocycles. The fourth-order valence-electron chi connectivity index (χ4n) is 3.01. The molecule has 142 valence electrons. The lowest BCUT2D eigenvalue weighted by Crippen LogP contribution is -2.31. The molecule has 1 aliphatic heterocycles. The molecule has 0 saturated carbocycles. The third kappa shape index (κ3) is 5.14. The van der Waals surface area contributed by atoms with E-state index in [0.29, 0.717) is 38.3 Å². The number of imide groups is 1. The normalized spacial score (nSPS) is 17.2. The third-order valence-corrected chi connectivity index (χ3v) is 4.59. The first kappa shape index (κ1) is 20.1. The molecular formula is C20H28N2O4. The zero-order valence-corrected chi connectivity index (χ0v) is 15.8. The van der Waals surface area contributed by atoms with Gasteiger partial charge in [-0.15, -0.1) is 0 Å². The van der Waals surface area contributed by atoms with Crippen LogP contribution in [0.25, 0.3) is 0 Å². The number of benzene rings is 1. The molecule has 3 amide bonds. The summed E-state index contributed by atoms with van der Waals surface area (Å²) < 4.78 is 5.17.